The third-order valence-corrected chi connectivity index (χ3v) is 4.91. The number of nitrogens with zero attached hydrogens (tertiary/aromatic N) is 1. The highest BCUT2D eigenvalue weighted by Crippen LogP contribution is 2.38. The Kier molecular flexibility index (Phi) is 2.54. The van der Waals surface area contributed by atoms with Crippen molar-refractivity contribution in [2.24, 2.45) is 0 Å². The quantitative estimate of drug-likeness (QED) is 0.540. The van der Waals surface area contributed by atoms with Crippen LogP contribution in [0.15, 0.2) is 48.7 Å². The van der Waals surface area contributed by atoms with Crippen LogP contribution in [0.5, 0.6) is 5.75 Å². The summed E-state index contributed by atoms with van der Waals surface area (Å²) >= 11 is 0. The molecular weight excluding hydrogens is 284 g/mol. The first-order valence-corrected chi connectivity index (χ1v) is 8.02. The molecule has 0 radical (unpaired) electrons. The van der Waals surface area contributed by atoms with Crippen molar-refractivity contribution in [1.29, 1.82) is 0 Å². The molecule has 0 fully saturated rings. The van der Waals surface area contributed by atoms with Gasteiger partial charge in [0.1, 0.15) is 5.75 Å². The van der Waals surface area contributed by atoms with Gasteiger partial charge in [-0.3, -0.25) is 4.98 Å². The highest BCUT2D eigenvalue weighted by molar-refractivity contribution is 6.08. The number of hydrogen-bond donors (Lipinski definition) is 2. The van der Waals surface area contributed by atoms with Gasteiger partial charge in [-0.05, 0) is 78.4 Å². The van der Waals surface area contributed by atoms with Crippen molar-refractivity contribution < 1.29 is 5.11 Å². The van der Waals surface area contributed by atoms with Gasteiger partial charge in [-0.1, -0.05) is 0 Å². The summed E-state index contributed by atoms with van der Waals surface area (Å²) in [6.45, 7) is 0. The first-order chi connectivity index (χ1) is 11.3. The number of aromatic hydroxyl groups is 1. The fourth-order valence-corrected chi connectivity index (χ4v) is 3.89. The molecule has 2 aromatic heterocycles. The summed E-state index contributed by atoms with van der Waals surface area (Å²) in [4.78, 5) is 8.08. The molecule has 1 aliphatic rings. The molecule has 4 aromatic rings. The van der Waals surface area contributed by atoms with E-state index in [0.717, 1.165) is 29.4 Å². The summed E-state index contributed by atoms with van der Waals surface area (Å²) in [6, 6.07) is 13.8. The molecule has 0 amide bonds. The van der Waals surface area contributed by atoms with Crippen LogP contribution in [0.3, 0.4) is 0 Å². The number of phenols is 1. The Hall–Kier alpha value is -2.81. The number of aromatic amines is 1. The predicted molar refractivity (Wildman–Crippen MR) is 92.7 cm³/mol. The third kappa shape index (κ3) is 1.80. The maximum Gasteiger partial charge on any atom is 0.115 e. The average molecular weight is 300 g/mol. The van der Waals surface area contributed by atoms with E-state index in [9.17, 15) is 5.11 Å². The zero-order chi connectivity index (χ0) is 15.4. The number of benzene rings is 2. The van der Waals surface area contributed by atoms with Gasteiger partial charge in [0.05, 0.1) is 5.52 Å². The van der Waals surface area contributed by atoms with Crippen molar-refractivity contribution in [2.75, 3.05) is 0 Å². The Morgan fingerprint density at radius 3 is 2.61 bits per heavy atom. The minimum Gasteiger partial charge on any atom is -0.508 e. The molecule has 2 heterocycles. The molecule has 5 rings (SSSR count). The van der Waals surface area contributed by atoms with E-state index < -0.39 is 0 Å². The summed E-state index contributed by atoms with van der Waals surface area (Å²) in [6.07, 6.45) is 5.30. The van der Waals surface area contributed by atoms with Crippen molar-refractivity contribution >= 4 is 21.8 Å². The van der Waals surface area contributed by atoms with E-state index in [0.29, 0.717) is 5.75 Å². The van der Waals surface area contributed by atoms with Crippen LogP contribution in [0.25, 0.3) is 33.1 Å². The van der Waals surface area contributed by atoms with Gasteiger partial charge in [0.15, 0.2) is 0 Å². The zero-order valence-electron chi connectivity index (χ0n) is 12.6. The number of H-pyrrole nitrogens is 1. The van der Waals surface area contributed by atoms with Crippen LogP contribution < -0.4 is 0 Å². The molecule has 2 aromatic carbocycles. The van der Waals surface area contributed by atoms with Crippen LogP contribution in [0.4, 0.5) is 0 Å². The van der Waals surface area contributed by atoms with Gasteiger partial charge in [0.2, 0.25) is 0 Å². The fraction of sp³-hybridized carbons (Fsp3) is 0.150. The van der Waals surface area contributed by atoms with Gasteiger partial charge in [0, 0.05) is 28.2 Å². The summed E-state index contributed by atoms with van der Waals surface area (Å²) in [5.74, 6) is 0.302. The Labute approximate surface area is 133 Å². The molecule has 0 spiro atoms. The van der Waals surface area contributed by atoms with Crippen LogP contribution in [0.1, 0.15) is 17.5 Å². The van der Waals surface area contributed by atoms with Crippen molar-refractivity contribution in [3.63, 3.8) is 0 Å². The lowest BCUT2D eigenvalue weighted by Crippen LogP contribution is -1.96. The summed E-state index contributed by atoms with van der Waals surface area (Å²) in [5.41, 5.74) is 7.41. The Morgan fingerprint density at radius 2 is 1.74 bits per heavy atom. The minimum atomic E-state index is 0.302. The van der Waals surface area contributed by atoms with E-state index in [4.69, 9.17) is 0 Å². The molecule has 3 nitrogen and oxygen atoms in total. The van der Waals surface area contributed by atoms with E-state index in [1.54, 1.807) is 12.1 Å². The lowest BCUT2D eigenvalue weighted by atomic mass is 9.97. The van der Waals surface area contributed by atoms with Gasteiger partial charge in [0.25, 0.3) is 0 Å². The lowest BCUT2D eigenvalue weighted by Gasteiger charge is -2.14. The Morgan fingerprint density at radius 1 is 0.913 bits per heavy atom. The number of aromatic nitrogens is 2. The monoisotopic (exact) mass is 300 g/mol. The SMILES string of the molecule is Oc1ccc(-c2[nH]c3ccc4nccc4c3c3c2CCC3)cc1. The van der Waals surface area contributed by atoms with Gasteiger partial charge >= 0.3 is 0 Å². The second-order valence-corrected chi connectivity index (χ2v) is 6.22. The standard InChI is InChI=1S/C20H16N2O/c23-13-6-4-12(5-7-13)20-15-3-1-2-14(15)19-16-10-11-21-17(16)8-9-18(19)22-20/h4-11,22-23H,1-3H2. The number of hydrogen-bond acceptors (Lipinski definition) is 2. The molecule has 2 N–H and O–H groups in total. The van der Waals surface area contributed by atoms with Crippen LogP contribution >= 0.6 is 0 Å². The zero-order valence-corrected chi connectivity index (χ0v) is 12.6. The predicted octanol–water partition coefficient (Wildman–Crippen LogP) is 4.58. The number of pyridine rings is 1. The smallest absolute Gasteiger partial charge is 0.115 e. The molecule has 1 aliphatic carbocycles. The second kappa shape index (κ2) is 4.59. The number of fused-ring (bicyclic) bond motifs is 5. The molecular formula is C20H16N2O. The van der Waals surface area contributed by atoms with Crippen LogP contribution in [-0.2, 0) is 12.8 Å². The Bertz CT molecular complexity index is 1040. The average Bonchev–Trinajstić information content (AvgIpc) is 3.23. The first kappa shape index (κ1) is 12.7. The van der Waals surface area contributed by atoms with Crippen molar-refractivity contribution in [1.82, 2.24) is 9.97 Å². The normalized spacial score (nSPS) is 13.7. The second-order valence-electron chi connectivity index (χ2n) is 6.22. The van der Waals surface area contributed by atoms with E-state index >= 15 is 0 Å². The summed E-state index contributed by atoms with van der Waals surface area (Å²) in [5, 5.41) is 12.1. The fourth-order valence-electron chi connectivity index (χ4n) is 3.89. The minimum absolute atomic E-state index is 0.302. The molecule has 0 unspecified atom stereocenters. The molecule has 0 atom stereocenters. The molecule has 0 saturated heterocycles. The molecule has 0 bridgehead atoms. The van der Waals surface area contributed by atoms with E-state index in [1.165, 1.54) is 34.0 Å². The first-order valence-electron chi connectivity index (χ1n) is 8.02. The van der Waals surface area contributed by atoms with Gasteiger partial charge in [-0.15, -0.1) is 0 Å². The number of phenolic OH excluding ortho intramolecular Hbond substituents is 1. The van der Waals surface area contributed by atoms with E-state index in [-0.39, 0.29) is 0 Å². The Balaban J connectivity index is 1.88. The van der Waals surface area contributed by atoms with Crippen molar-refractivity contribution in [3.05, 3.63) is 59.8 Å². The molecule has 112 valence electrons. The van der Waals surface area contributed by atoms with Crippen LogP contribution in [0, 0.1) is 0 Å². The number of aryl methyl sites for hydroxylation is 1. The largest absolute Gasteiger partial charge is 0.508 e. The topological polar surface area (TPSA) is 48.9 Å². The number of nitrogens with one attached hydrogen (secondary N) is 1. The molecule has 0 saturated carbocycles. The molecule has 3 heteroatoms. The van der Waals surface area contributed by atoms with Crippen LogP contribution in [0.2, 0.25) is 0 Å². The molecule has 0 aliphatic heterocycles. The van der Waals surface area contributed by atoms with E-state index in [1.807, 2.05) is 18.3 Å². The molecule has 23 heavy (non-hydrogen) atoms. The summed E-state index contributed by atoms with van der Waals surface area (Å²) in [7, 11) is 0. The van der Waals surface area contributed by atoms with Gasteiger partial charge < -0.3 is 10.1 Å². The summed E-state index contributed by atoms with van der Waals surface area (Å²) < 4.78 is 0. The third-order valence-electron chi connectivity index (χ3n) is 4.91. The highest BCUT2D eigenvalue weighted by Gasteiger charge is 2.21. The number of rotatable bonds is 1. The van der Waals surface area contributed by atoms with Gasteiger partial charge in [-0.25, -0.2) is 0 Å². The lowest BCUT2D eigenvalue weighted by molar-refractivity contribution is 0.475. The van der Waals surface area contributed by atoms with Crippen molar-refractivity contribution in [2.45, 2.75) is 19.3 Å². The van der Waals surface area contributed by atoms with E-state index in [2.05, 4.69) is 28.2 Å². The van der Waals surface area contributed by atoms with Crippen LogP contribution in [-0.4, -0.2) is 15.1 Å². The maximum atomic E-state index is 9.55. The highest BCUT2D eigenvalue weighted by atomic mass is 16.3. The van der Waals surface area contributed by atoms with Gasteiger partial charge in [-0.2, -0.15) is 0 Å². The maximum absolute atomic E-state index is 9.55. The van der Waals surface area contributed by atoms with Crippen molar-refractivity contribution in [3.8, 4) is 17.0 Å².